The molecule has 14 heavy (non-hydrogen) atoms. The average molecular weight is 209 g/mol. The molecule has 0 unspecified atom stereocenters. The second-order valence-electron chi connectivity index (χ2n) is 2.92. The highest BCUT2D eigenvalue weighted by molar-refractivity contribution is 5.10. The van der Waals surface area contributed by atoms with E-state index in [4.69, 9.17) is 5.11 Å². The van der Waals surface area contributed by atoms with Gasteiger partial charge < -0.3 is 5.11 Å². The molecule has 2 nitrogen and oxygen atoms in total. The second-order valence-corrected chi connectivity index (χ2v) is 2.92. The predicted molar refractivity (Wildman–Crippen MR) is 48.7 cm³/mol. The van der Waals surface area contributed by atoms with Crippen LogP contribution in [0.1, 0.15) is 6.42 Å². The number of hydrogen-bond acceptors (Lipinski definition) is 2. The smallest absolute Gasteiger partial charge is 0.381 e. The fourth-order valence-corrected chi connectivity index (χ4v) is 0.857. The number of hydrogen-bond donors (Lipinski definition) is 1. The lowest BCUT2D eigenvalue weighted by atomic mass is 10.2. The molecular formula is C9H14F3NO. The molecule has 0 aromatic rings. The Hall–Kier alpha value is -0.810. The van der Waals surface area contributed by atoms with Gasteiger partial charge in [0.05, 0.1) is 13.3 Å². The number of alkyl halides is 3. The van der Waals surface area contributed by atoms with E-state index in [0.717, 1.165) is 4.90 Å². The normalized spacial score (nSPS) is 11.8. The summed E-state index contributed by atoms with van der Waals surface area (Å²) in [4.78, 5) is 0.898. The first-order valence-electron chi connectivity index (χ1n) is 4.09. The molecule has 0 aliphatic rings. The monoisotopic (exact) mass is 209 g/mol. The van der Waals surface area contributed by atoms with Crippen molar-refractivity contribution in [2.24, 2.45) is 0 Å². The van der Waals surface area contributed by atoms with Crippen LogP contribution in [0.5, 0.6) is 0 Å². The third kappa shape index (κ3) is 6.68. The van der Waals surface area contributed by atoms with Crippen LogP contribution < -0.4 is 0 Å². The predicted octanol–water partition coefficient (Wildman–Crippen LogP) is 1.93. The molecule has 0 atom stereocenters. The maximum atomic E-state index is 11.9. The van der Waals surface area contributed by atoms with Gasteiger partial charge in [0.1, 0.15) is 0 Å². The number of allylic oxidation sites excluding steroid dienone is 1. The minimum atomic E-state index is -4.28. The third-order valence-electron chi connectivity index (χ3n) is 1.64. The Labute approximate surface area is 81.3 Å². The molecule has 0 radical (unpaired) electrons. The van der Waals surface area contributed by atoms with Crippen molar-refractivity contribution >= 4 is 0 Å². The van der Waals surface area contributed by atoms with Gasteiger partial charge in [-0.3, -0.25) is 4.90 Å². The van der Waals surface area contributed by atoms with E-state index in [1.54, 1.807) is 0 Å². The highest BCUT2D eigenvalue weighted by Gasteiger charge is 2.30. The summed E-state index contributed by atoms with van der Waals surface area (Å²) in [5.74, 6) is 0. The zero-order chi connectivity index (χ0) is 11.2. The van der Waals surface area contributed by atoms with Gasteiger partial charge in [-0.05, 0) is 6.42 Å². The largest absolute Gasteiger partial charge is 0.401 e. The molecule has 0 spiro atoms. The summed E-state index contributed by atoms with van der Waals surface area (Å²) < 4.78 is 35.7. The van der Waals surface area contributed by atoms with E-state index in [1.807, 2.05) is 0 Å². The standard InChI is InChI=1S/C9H14F3NO/c1-3-8(2)4-5-13(7-14)6-9(10,11)12/h3,14H,1-2,4-7H2. The molecule has 82 valence electrons. The van der Waals surface area contributed by atoms with E-state index >= 15 is 0 Å². The first-order valence-corrected chi connectivity index (χ1v) is 4.09. The Morgan fingerprint density at radius 2 is 2.00 bits per heavy atom. The van der Waals surface area contributed by atoms with Crippen LogP contribution in [0.3, 0.4) is 0 Å². The molecule has 1 N–H and O–H groups in total. The lowest BCUT2D eigenvalue weighted by Gasteiger charge is -2.20. The van der Waals surface area contributed by atoms with Gasteiger partial charge in [-0.1, -0.05) is 24.8 Å². The Bertz CT molecular complexity index is 201. The van der Waals surface area contributed by atoms with Crippen LogP contribution >= 0.6 is 0 Å². The fraction of sp³-hybridized carbons (Fsp3) is 0.556. The van der Waals surface area contributed by atoms with Gasteiger partial charge in [-0.15, -0.1) is 0 Å². The Morgan fingerprint density at radius 3 is 2.36 bits per heavy atom. The summed E-state index contributed by atoms with van der Waals surface area (Å²) in [7, 11) is 0. The van der Waals surface area contributed by atoms with Crippen LogP contribution in [0, 0.1) is 0 Å². The van der Waals surface area contributed by atoms with Crippen LogP contribution in [0.25, 0.3) is 0 Å². The second kappa shape index (κ2) is 5.82. The zero-order valence-electron chi connectivity index (χ0n) is 7.85. The summed E-state index contributed by atoms with van der Waals surface area (Å²) in [5.41, 5.74) is 0.658. The van der Waals surface area contributed by atoms with Crippen molar-refractivity contribution in [1.29, 1.82) is 0 Å². The van der Waals surface area contributed by atoms with Crippen molar-refractivity contribution in [3.8, 4) is 0 Å². The van der Waals surface area contributed by atoms with E-state index in [2.05, 4.69) is 13.2 Å². The van der Waals surface area contributed by atoms with Crippen LogP contribution in [0.2, 0.25) is 0 Å². The summed E-state index contributed by atoms with van der Waals surface area (Å²) in [5, 5.41) is 8.65. The minimum Gasteiger partial charge on any atom is -0.381 e. The van der Waals surface area contributed by atoms with Gasteiger partial charge in [0.15, 0.2) is 0 Å². The van der Waals surface area contributed by atoms with Crippen molar-refractivity contribution < 1.29 is 18.3 Å². The number of aliphatic hydroxyl groups is 1. The molecule has 0 aromatic heterocycles. The molecule has 0 aromatic carbocycles. The average Bonchev–Trinajstić information content (AvgIpc) is 2.09. The highest BCUT2D eigenvalue weighted by atomic mass is 19.4. The summed E-state index contributed by atoms with van der Waals surface area (Å²) in [6.07, 6.45) is -2.42. The Balaban J connectivity index is 3.91. The SMILES string of the molecule is C=CC(=C)CCN(CO)CC(F)(F)F. The van der Waals surface area contributed by atoms with Crippen LogP contribution in [-0.2, 0) is 0 Å². The minimum absolute atomic E-state index is 0.126. The number of nitrogens with zero attached hydrogens (tertiary/aromatic N) is 1. The molecule has 0 bridgehead atoms. The van der Waals surface area contributed by atoms with Crippen molar-refractivity contribution in [3.05, 3.63) is 24.8 Å². The van der Waals surface area contributed by atoms with Gasteiger partial charge in [0.2, 0.25) is 0 Å². The summed E-state index contributed by atoms with van der Waals surface area (Å²) >= 11 is 0. The van der Waals surface area contributed by atoms with Gasteiger partial charge in [-0.25, -0.2) is 0 Å². The van der Waals surface area contributed by atoms with Crippen molar-refractivity contribution in [3.63, 3.8) is 0 Å². The summed E-state index contributed by atoms with van der Waals surface area (Å²) in [6.45, 7) is 5.42. The molecule has 0 aliphatic carbocycles. The number of rotatable bonds is 6. The topological polar surface area (TPSA) is 23.5 Å². The molecule has 0 saturated carbocycles. The van der Waals surface area contributed by atoms with Crippen molar-refractivity contribution in [1.82, 2.24) is 4.90 Å². The molecule has 0 heterocycles. The van der Waals surface area contributed by atoms with Gasteiger partial charge in [0.25, 0.3) is 0 Å². The summed E-state index contributed by atoms with van der Waals surface area (Å²) in [6, 6.07) is 0. The van der Waals surface area contributed by atoms with Gasteiger partial charge >= 0.3 is 6.18 Å². The zero-order valence-corrected chi connectivity index (χ0v) is 7.85. The molecule has 0 saturated heterocycles. The highest BCUT2D eigenvalue weighted by Crippen LogP contribution is 2.16. The Kier molecular flexibility index (Phi) is 5.49. The van der Waals surface area contributed by atoms with Crippen molar-refractivity contribution in [2.45, 2.75) is 12.6 Å². The maximum absolute atomic E-state index is 11.9. The molecule has 5 heteroatoms. The Morgan fingerprint density at radius 1 is 1.43 bits per heavy atom. The quantitative estimate of drug-likeness (QED) is 0.533. The molecule has 0 amide bonds. The fourth-order valence-electron chi connectivity index (χ4n) is 0.857. The van der Waals surface area contributed by atoms with E-state index in [1.165, 1.54) is 6.08 Å². The number of aliphatic hydroxyl groups excluding tert-OH is 1. The van der Waals surface area contributed by atoms with E-state index < -0.39 is 19.5 Å². The van der Waals surface area contributed by atoms with Crippen LogP contribution in [0.4, 0.5) is 13.2 Å². The van der Waals surface area contributed by atoms with Gasteiger partial charge in [0, 0.05) is 6.54 Å². The molecule has 0 aliphatic heterocycles. The first-order chi connectivity index (χ1) is 6.39. The van der Waals surface area contributed by atoms with E-state index in [0.29, 0.717) is 12.0 Å². The molecular weight excluding hydrogens is 195 g/mol. The van der Waals surface area contributed by atoms with E-state index in [-0.39, 0.29) is 6.54 Å². The molecule has 0 fully saturated rings. The number of halogens is 3. The maximum Gasteiger partial charge on any atom is 0.401 e. The van der Waals surface area contributed by atoms with Crippen LogP contribution in [0.15, 0.2) is 24.8 Å². The van der Waals surface area contributed by atoms with Gasteiger partial charge in [-0.2, -0.15) is 13.2 Å². The molecule has 0 rings (SSSR count). The lowest BCUT2D eigenvalue weighted by molar-refractivity contribution is -0.153. The third-order valence-corrected chi connectivity index (χ3v) is 1.64. The lowest BCUT2D eigenvalue weighted by Crippen LogP contribution is -2.35. The first kappa shape index (κ1) is 13.2. The van der Waals surface area contributed by atoms with Crippen LogP contribution in [-0.4, -0.2) is 36.0 Å². The van der Waals surface area contributed by atoms with Crippen molar-refractivity contribution in [2.75, 3.05) is 19.8 Å². The van der Waals surface area contributed by atoms with E-state index in [9.17, 15) is 13.2 Å².